The van der Waals surface area contributed by atoms with Crippen molar-refractivity contribution in [3.63, 3.8) is 0 Å². The van der Waals surface area contributed by atoms with E-state index in [9.17, 15) is 8.78 Å². The van der Waals surface area contributed by atoms with Crippen LogP contribution in [-0.4, -0.2) is 24.9 Å². The summed E-state index contributed by atoms with van der Waals surface area (Å²) in [6.45, 7) is -1.83. The number of thiocarbonyl (C=S) groups is 1. The Hall–Kier alpha value is -2.41. The number of rotatable bonds is 7. The molecule has 2 aromatic rings. The highest BCUT2D eigenvalue weighted by atomic mass is 32.1. The van der Waals surface area contributed by atoms with Crippen molar-refractivity contribution in [3.8, 4) is 11.5 Å². The number of anilines is 1. The smallest absolute Gasteiger partial charge is 0.387 e. The van der Waals surface area contributed by atoms with E-state index in [0.29, 0.717) is 24.0 Å². The van der Waals surface area contributed by atoms with Crippen LogP contribution in [0.2, 0.25) is 0 Å². The third kappa shape index (κ3) is 6.48. The van der Waals surface area contributed by atoms with Gasteiger partial charge in [-0.3, -0.25) is 0 Å². The van der Waals surface area contributed by atoms with Gasteiger partial charge in [-0.15, -0.1) is 0 Å². The average molecular weight is 338 g/mol. The quantitative estimate of drug-likeness (QED) is 0.596. The molecule has 122 valence electrons. The summed E-state index contributed by atoms with van der Waals surface area (Å²) in [6, 6.07) is 15.6. The summed E-state index contributed by atoms with van der Waals surface area (Å²) in [6.07, 6.45) is 0. The van der Waals surface area contributed by atoms with Gasteiger partial charge in [0.05, 0.1) is 6.54 Å². The van der Waals surface area contributed by atoms with Crippen molar-refractivity contribution in [2.45, 2.75) is 6.61 Å². The van der Waals surface area contributed by atoms with Crippen LogP contribution in [-0.2, 0) is 0 Å². The van der Waals surface area contributed by atoms with Crippen molar-refractivity contribution in [1.29, 1.82) is 0 Å². The number of alkyl halides is 2. The van der Waals surface area contributed by atoms with Crippen LogP contribution >= 0.6 is 12.2 Å². The zero-order valence-electron chi connectivity index (χ0n) is 12.2. The van der Waals surface area contributed by atoms with Crippen LogP contribution in [0.25, 0.3) is 0 Å². The zero-order chi connectivity index (χ0) is 16.5. The Bertz CT molecular complexity index is 609. The van der Waals surface area contributed by atoms with Gasteiger partial charge in [-0.2, -0.15) is 8.78 Å². The number of hydrogen-bond donors (Lipinski definition) is 2. The predicted molar refractivity (Wildman–Crippen MR) is 89.2 cm³/mol. The Morgan fingerprint density at radius 3 is 2.35 bits per heavy atom. The largest absolute Gasteiger partial charge is 0.492 e. The molecule has 0 heterocycles. The molecule has 0 radical (unpaired) electrons. The summed E-state index contributed by atoms with van der Waals surface area (Å²) < 4.78 is 33.9. The van der Waals surface area contributed by atoms with Gasteiger partial charge >= 0.3 is 6.61 Å². The van der Waals surface area contributed by atoms with Gasteiger partial charge in [0.1, 0.15) is 18.1 Å². The summed E-state index contributed by atoms with van der Waals surface area (Å²) in [5, 5.41) is 6.36. The van der Waals surface area contributed by atoms with E-state index in [1.165, 1.54) is 12.1 Å². The summed E-state index contributed by atoms with van der Waals surface area (Å²) in [7, 11) is 0. The Balaban J connectivity index is 1.68. The first kappa shape index (κ1) is 17.0. The van der Waals surface area contributed by atoms with Gasteiger partial charge < -0.3 is 20.1 Å². The Labute approximate surface area is 138 Å². The minimum absolute atomic E-state index is 0.0979. The van der Waals surface area contributed by atoms with Crippen LogP contribution in [0.1, 0.15) is 0 Å². The van der Waals surface area contributed by atoms with E-state index in [0.717, 1.165) is 5.75 Å². The van der Waals surface area contributed by atoms with E-state index in [2.05, 4.69) is 15.4 Å². The second-order valence-corrected chi connectivity index (χ2v) is 4.85. The topological polar surface area (TPSA) is 42.5 Å². The average Bonchev–Trinajstić information content (AvgIpc) is 2.54. The molecule has 23 heavy (non-hydrogen) atoms. The Kier molecular flexibility index (Phi) is 6.56. The van der Waals surface area contributed by atoms with E-state index in [-0.39, 0.29) is 5.75 Å². The highest BCUT2D eigenvalue weighted by Gasteiger charge is 2.04. The second-order valence-electron chi connectivity index (χ2n) is 4.45. The zero-order valence-corrected chi connectivity index (χ0v) is 13.0. The molecule has 4 nitrogen and oxygen atoms in total. The second kappa shape index (κ2) is 8.89. The SMILES string of the molecule is FC(F)Oc1ccc(NC(=S)NCCOc2ccccc2)cc1. The fraction of sp³-hybridized carbons (Fsp3) is 0.188. The van der Waals surface area contributed by atoms with Crippen molar-refractivity contribution in [2.24, 2.45) is 0 Å². The maximum Gasteiger partial charge on any atom is 0.387 e. The number of hydrogen-bond acceptors (Lipinski definition) is 3. The monoisotopic (exact) mass is 338 g/mol. The maximum absolute atomic E-state index is 12.0. The molecule has 0 atom stereocenters. The van der Waals surface area contributed by atoms with Crippen molar-refractivity contribution >= 4 is 23.0 Å². The van der Waals surface area contributed by atoms with Crippen molar-refractivity contribution in [2.75, 3.05) is 18.5 Å². The Morgan fingerprint density at radius 1 is 1.00 bits per heavy atom. The maximum atomic E-state index is 12.0. The molecule has 0 aliphatic heterocycles. The lowest BCUT2D eigenvalue weighted by atomic mass is 10.3. The fourth-order valence-electron chi connectivity index (χ4n) is 1.75. The third-order valence-electron chi connectivity index (χ3n) is 2.74. The first-order valence-corrected chi connectivity index (χ1v) is 7.32. The van der Waals surface area contributed by atoms with Crippen LogP contribution in [0.4, 0.5) is 14.5 Å². The van der Waals surface area contributed by atoms with Gasteiger partial charge in [-0.05, 0) is 48.6 Å². The van der Waals surface area contributed by atoms with Crippen molar-refractivity contribution < 1.29 is 18.3 Å². The van der Waals surface area contributed by atoms with E-state index in [1.807, 2.05) is 30.3 Å². The summed E-state index contributed by atoms with van der Waals surface area (Å²) in [5.41, 5.74) is 0.674. The fourth-order valence-corrected chi connectivity index (χ4v) is 1.97. The highest BCUT2D eigenvalue weighted by Crippen LogP contribution is 2.17. The molecule has 0 spiro atoms. The number of nitrogens with one attached hydrogen (secondary N) is 2. The minimum Gasteiger partial charge on any atom is -0.492 e. The van der Waals surface area contributed by atoms with Gasteiger partial charge in [0.25, 0.3) is 0 Å². The van der Waals surface area contributed by atoms with Crippen LogP contribution in [0, 0.1) is 0 Å². The van der Waals surface area contributed by atoms with Gasteiger partial charge in [0.2, 0.25) is 0 Å². The molecule has 0 saturated heterocycles. The third-order valence-corrected chi connectivity index (χ3v) is 2.98. The molecule has 0 saturated carbocycles. The molecule has 0 unspecified atom stereocenters. The number of halogens is 2. The molecule has 2 N–H and O–H groups in total. The van der Waals surface area contributed by atoms with Gasteiger partial charge in [-0.25, -0.2) is 0 Å². The Morgan fingerprint density at radius 2 is 1.70 bits per heavy atom. The first-order valence-electron chi connectivity index (χ1n) is 6.91. The van der Waals surface area contributed by atoms with Crippen LogP contribution in [0.15, 0.2) is 54.6 Å². The summed E-state index contributed by atoms with van der Waals surface area (Å²) in [4.78, 5) is 0. The molecule has 0 amide bonds. The molecular weight excluding hydrogens is 322 g/mol. The van der Waals surface area contributed by atoms with Gasteiger partial charge in [-0.1, -0.05) is 18.2 Å². The molecule has 0 aliphatic carbocycles. The van der Waals surface area contributed by atoms with Gasteiger partial charge in [0.15, 0.2) is 5.11 Å². The molecule has 0 bridgehead atoms. The predicted octanol–water partition coefficient (Wildman–Crippen LogP) is 3.65. The normalized spacial score (nSPS) is 10.2. The lowest BCUT2D eigenvalue weighted by molar-refractivity contribution is -0.0498. The van der Waals surface area contributed by atoms with E-state index in [4.69, 9.17) is 17.0 Å². The summed E-state index contributed by atoms with van der Waals surface area (Å²) in [5.74, 6) is 0.892. The molecule has 2 aromatic carbocycles. The van der Waals surface area contributed by atoms with Gasteiger partial charge in [0, 0.05) is 5.69 Å². The molecule has 2 rings (SSSR count). The minimum atomic E-state index is -2.83. The standard InChI is InChI=1S/C16H16F2N2O2S/c17-15(18)22-14-8-6-12(7-9-14)20-16(23)19-10-11-21-13-4-2-1-3-5-13/h1-9,15H,10-11H2,(H2,19,20,23). The molecular formula is C16H16F2N2O2S. The van der Waals surface area contributed by atoms with E-state index < -0.39 is 6.61 Å². The number of benzene rings is 2. The first-order chi connectivity index (χ1) is 11.1. The van der Waals surface area contributed by atoms with Crippen LogP contribution in [0.3, 0.4) is 0 Å². The lowest BCUT2D eigenvalue weighted by Gasteiger charge is -2.12. The summed E-state index contributed by atoms with van der Waals surface area (Å²) >= 11 is 5.14. The number of ether oxygens (including phenoxy) is 2. The molecule has 7 heteroatoms. The molecule has 0 aliphatic rings. The van der Waals surface area contributed by atoms with E-state index >= 15 is 0 Å². The molecule has 0 aromatic heterocycles. The lowest BCUT2D eigenvalue weighted by Crippen LogP contribution is -2.31. The number of para-hydroxylation sites is 1. The van der Waals surface area contributed by atoms with E-state index in [1.54, 1.807) is 12.1 Å². The highest BCUT2D eigenvalue weighted by molar-refractivity contribution is 7.80. The molecule has 0 fully saturated rings. The van der Waals surface area contributed by atoms with Crippen molar-refractivity contribution in [3.05, 3.63) is 54.6 Å². The van der Waals surface area contributed by atoms with Crippen LogP contribution < -0.4 is 20.1 Å². The van der Waals surface area contributed by atoms with Crippen LogP contribution in [0.5, 0.6) is 11.5 Å². The van der Waals surface area contributed by atoms with Crippen molar-refractivity contribution in [1.82, 2.24) is 5.32 Å².